The predicted molar refractivity (Wildman–Crippen MR) is 79.4 cm³/mol. The maximum absolute atomic E-state index is 3.43. The van der Waals surface area contributed by atoms with Crippen LogP contribution in [0.15, 0.2) is 18.2 Å². The van der Waals surface area contributed by atoms with Gasteiger partial charge in [0.05, 0.1) is 0 Å². The van der Waals surface area contributed by atoms with Crippen LogP contribution >= 0.6 is 0 Å². The van der Waals surface area contributed by atoms with Crippen LogP contribution in [-0.4, -0.2) is 25.2 Å². The second kappa shape index (κ2) is 4.93. The average Bonchev–Trinajstić information content (AvgIpc) is 2.30. The van der Waals surface area contributed by atoms with Crippen LogP contribution in [-0.2, 0) is 0 Å². The Kier molecular flexibility index (Phi) is 3.67. The van der Waals surface area contributed by atoms with Crippen LogP contribution in [0.3, 0.4) is 0 Å². The number of likely N-dealkylation sites (N-methyl/N-ethyl adjacent to an activating group) is 1. The number of hydrogen-bond donors (Lipinski definition) is 1. The summed E-state index contributed by atoms with van der Waals surface area (Å²) in [5.41, 5.74) is 4.38. The highest BCUT2D eigenvalue weighted by Gasteiger charge is 2.34. The van der Waals surface area contributed by atoms with E-state index in [1.807, 2.05) is 0 Å². The van der Waals surface area contributed by atoms with E-state index in [-0.39, 0.29) is 5.54 Å². The molecule has 0 spiro atoms. The molecule has 1 aromatic rings. The first kappa shape index (κ1) is 13.4. The lowest BCUT2D eigenvalue weighted by molar-refractivity contribution is 0.313. The van der Waals surface area contributed by atoms with E-state index < -0.39 is 0 Å². The van der Waals surface area contributed by atoms with Gasteiger partial charge in [-0.15, -0.1) is 0 Å². The molecular weight excluding hydrogens is 220 g/mol. The Morgan fingerprint density at radius 3 is 2.61 bits per heavy atom. The number of nitrogens with zero attached hydrogens (tertiary/aromatic N) is 1. The minimum atomic E-state index is 0.257. The summed E-state index contributed by atoms with van der Waals surface area (Å²) in [4.78, 5) is 2.58. The van der Waals surface area contributed by atoms with Gasteiger partial charge in [0.25, 0.3) is 0 Å². The van der Waals surface area contributed by atoms with Gasteiger partial charge in [0.15, 0.2) is 0 Å². The predicted octanol–water partition coefficient (Wildman–Crippen LogP) is 3.27. The Labute approximate surface area is 111 Å². The van der Waals surface area contributed by atoms with E-state index in [0.717, 1.165) is 6.54 Å². The fourth-order valence-electron chi connectivity index (χ4n) is 2.99. The van der Waals surface area contributed by atoms with Crippen molar-refractivity contribution in [2.75, 3.05) is 18.5 Å². The number of anilines is 1. The highest BCUT2D eigenvalue weighted by molar-refractivity contribution is 5.56. The number of aryl methyl sites for hydroxylation is 2. The number of benzene rings is 1. The summed E-state index contributed by atoms with van der Waals surface area (Å²) in [5.74, 6) is 0. The van der Waals surface area contributed by atoms with Crippen molar-refractivity contribution in [2.45, 2.75) is 52.1 Å². The molecule has 0 radical (unpaired) electrons. The van der Waals surface area contributed by atoms with E-state index >= 15 is 0 Å². The molecule has 1 saturated heterocycles. The average molecular weight is 246 g/mol. The Morgan fingerprint density at radius 2 is 2.00 bits per heavy atom. The summed E-state index contributed by atoms with van der Waals surface area (Å²) in [6.45, 7) is 10.2. The Balaban J connectivity index is 2.33. The lowest BCUT2D eigenvalue weighted by atomic mass is 9.87. The third kappa shape index (κ3) is 2.54. The van der Waals surface area contributed by atoms with Crippen molar-refractivity contribution in [3.05, 3.63) is 29.3 Å². The summed E-state index contributed by atoms with van der Waals surface area (Å²) in [5, 5.41) is 3.43. The minimum Gasteiger partial charge on any atom is -0.365 e. The Hall–Kier alpha value is -1.02. The molecule has 1 N–H and O–H groups in total. The van der Waals surface area contributed by atoms with E-state index in [0.29, 0.717) is 6.04 Å². The van der Waals surface area contributed by atoms with Gasteiger partial charge in [-0.1, -0.05) is 17.7 Å². The number of nitrogens with one attached hydrogen (secondary N) is 1. The monoisotopic (exact) mass is 246 g/mol. The molecule has 1 aliphatic rings. The van der Waals surface area contributed by atoms with Crippen LogP contribution in [0.4, 0.5) is 5.69 Å². The Morgan fingerprint density at radius 1 is 1.28 bits per heavy atom. The first-order valence-corrected chi connectivity index (χ1v) is 6.96. The van der Waals surface area contributed by atoms with Crippen LogP contribution in [0, 0.1) is 13.8 Å². The van der Waals surface area contributed by atoms with Gasteiger partial charge >= 0.3 is 0 Å². The molecule has 1 heterocycles. The van der Waals surface area contributed by atoms with Crippen molar-refractivity contribution in [1.82, 2.24) is 5.32 Å². The highest BCUT2D eigenvalue weighted by Crippen LogP contribution is 2.34. The van der Waals surface area contributed by atoms with Crippen LogP contribution in [0.2, 0.25) is 0 Å². The zero-order valence-corrected chi connectivity index (χ0v) is 12.4. The molecule has 18 heavy (non-hydrogen) atoms. The zero-order valence-electron chi connectivity index (χ0n) is 12.4. The third-order valence-electron chi connectivity index (χ3n) is 4.29. The van der Waals surface area contributed by atoms with E-state index in [9.17, 15) is 0 Å². The molecule has 0 bridgehead atoms. The molecule has 1 fully saturated rings. The fourth-order valence-corrected chi connectivity index (χ4v) is 2.99. The van der Waals surface area contributed by atoms with Crippen LogP contribution < -0.4 is 10.2 Å². The van der Waals surface area contributed by atoms with Crippen LogP contribution in [0.5, 0.6) is 0 Å². The van der Waals surface area contributed by atoms with Crippen molar-refractivity contribution in [3.8, 4) is 0 Å². The van der Waals surface area contributed by atoms with Crippen molar-refractivity contribution >= 4 is 5.69 Å². The summed E-state index contributed by atoms with van der Waals surface area (Å²) in [6.07, 6.45) is 2.51. The standard InChI is InChI=1S/C16H26N2/c1-12-6-7-15(13(2)10-12)18-11-14(17-5)8-9-16(18,3)4/h6-7,10,14,17H,8-9,11H2,1-5H3. The highest BCUT2D eigenvalue weighted by atomic mass is 15.2. The number of rotatable bonds is 2. The molecule has 1 unspecified atom stereocenters. The van der Waals surface area contributed by atoms with Gasteiger partial charge in [-0.3, -0.25) is 0 Å². The van der Waals surface area contributed by atoms with Gasteiger partial charge in [0.2, 0.25) is 0 Å². The second-order valence-electron chi connectivity index (χ2n) is 6.24. The third-order valence-corrected chi connectivity index (χ3v) is 4.29. The van der Waals surface area contributed by atoms with Gasteiger partial charge in [-0.2, -0.15) is 0 Å². The van der Waals surface area contributed by atoms with Crippen molar-refractivity contribution in [1.29, 1.82) is 0 Å². The van der Waals surface area contributed by atoms with E-state index in [1.54, 1.807) is 0 Å². The van der Waals surface area contributed by atoms with Gasteiger partial charge in [0, 0.05) is 23.8 Å². The lowest BCUT2D eigenvalue weighted by Crippen LogP contribution is -2.55. The topological polar surface area (TPSA) is 15.3 Å². The largest absolute Gasteiger partial charge is 0.365 e. The summed E-state index contributed by atoms with van der Waals surface area (Å²) >= 11 is 0. The smallest absolute Gasteiger partial charge is 0.0401 e. The molecule has 1 aliphatic heterocycles. The number of hydrogen-bond acceptors (Lipinski definition) is 2. The van der Waals surface area contributed by atoms with Gasteiger partial charge in [-0.25, -0.2) is 0 Å². The maximum Gasteiger partial charge on any atom is 0.0401 e. The molecule has 0 aromatic heterocycles. The van der Waals surface area contributed by atoms with Crippen molar-refractivity contribution in [3.63, 3.8) is 0 Å². The molecule has 2 nitrogen and oxygen atoms in total. The van der Waals surface area contributed by atoms with Gasteiger partial charge < -0.3 is 10.2 Å². The van der Waals surface area contributed by atoms with Gasteiger partial charge in [-0.05, 0) is 59.2 Å². The van der Waals surface area contributed by atoms with Crippen molar-refractivity contribution in [2.24, 2.45) is 0 Å². The molecule has 1 aromatic carbocycles. The van der Waals surface area contributed by atoms with E-state index in [1.165, 1.54) is 29.7 Å². The quantitative estimate of drug-likeness (QED) is 0.861. The van der Waals surface area contributed by atoms with E-state index in [4.69, 9.17) is 0 Å². The maximum atomic E-state index is 3.43. The molecule has 0 saturated carbocycles. The molecule has 1 atom stereocenters. The molecule has 100 valence electrons. The van der Waals surface area contributed by atoms with E-state index in [2.05, 4.69) is 63.2 Å². The molecule has 0 amide bonds. The molecule has 2 heteroatoms. The zero-order chi connectivity index (χ0) is 13.3. The first-order chi connectivity index (χ1) is 8.44. The SMILES string of the molecule is CNC1CCC(C)(C)N(c2ccc(C)cc2C)C1. The Bertz CT molecular complexity index is 423. The first-order valence-electron chi connectivity index (χ1n) is 6.96. The minimum absolute atomic E-state index is 0.257. The van der Waals surface area contributed by atoms with Crippen LogP contribution in [0.25, 0.3) is 0 Å². The molecular formula is C16H26N2. The fraction of sp³-hybridized carbons (Fsp3) is 0.625. The normalized spacial score (nSPS) is 23.2. The van der Waals surface area contributed by atoms with Crippen molar-refractivity contribution < 1.29 is 0 Å². The van der Waals surface area contributed by atoms with Gasteiger partial charge in [0.1, 0.15) is 0 Å². The van der Waals surface area contributed by atoms with Crippen LogP contribution in [0.1, 0.15) is 37.8 Å². The summed E-state index contributed by atoms with van der Waals surface area (Å²) < 4.78 is 0. The lowest BCUT2D eigenvalue weighted by Gasteiger charge is -2.47. The molecule has 2 rings (SSSR count). The second-order valence-corrected chi connectivity index (χ2v) is 6.24. The summed E-state index contributed by atoms with van der Waals surface area (Å²) in [6, 6.07) is 7.40. The summed E-state index contributed by atoms with van der Waals surface area (Å²) in [7, 11) is 2.07. The number of piperidine rings is 1. The molecule has 0 aliphatic carbocycles.